The molecule has 15 heavy (non-hydrogen) atoms. The molecule has 0 radical (unpaired) electrons. The third-order valence-corrected chi connectivity index (χ3v) is 2.73. The van der Waals surface area contributed by atoms with Gasteiger partial charge in [-0.2, -0.15) is 0 Å². The lowest BCUT2D eigenvalue weighted by Crippen LogP contribution is -2.34. The standard InChI is InChI=1S/C10H14IN3O/c1-2-14(6-10(13)15)9-4-3-7(11)5-8(9)12/h3-5H,2,6,12H2,1H3,(H2,13,15). The molecule has 0 saturated carbocycles. The second-order valence-electron chi connectivity index (χ2n) is 3.18. The summed E-state index contributed by atoms with van der Waals surface area (Å²) in [6.07, 6.45) is 0. The molecule has 1 amide bonds. The molecule has 4 N–H and O–H groups in total. The fraction of sp³-hybridized carbons (Fsp3) is 0.300. The number of likely N-dealkylation sites (N-methyl/N-ethyl adjacent to an activating group) is 1. The molecule has 0 aromatic heterocycles. The van der Waals surface area contributed by atoms with Crippen LogP contribution in [0.1, 0.15) is 6.92 Å². The lowest BCUT2D eigenvalue weighted by atomic mass is 10.2. The number of primary amides is 1. The molecule has 0 bridgehead atoms. The van der Waals surface area contributed by atoms with Crippen LogP contribution in [0.5, 0.6) is 0 Å². The first-order valence-electron chi connectivity index (χ1n) is 4.63. The van der Waals surface area contributed by atoms with E-state index in [1.807, 2.05) is 30.0 Å². The molecule has 0 spiro atoms. The van der Waals surface area contributed by atoms with E-state index in [2.05, 4.69) is 22.6 Å². The maximum Gasteiger partial charge on any atom is 0.236 e. The first-order valence-corrected chi connectivity index (χ1v) is 5.70. The Balaban J connectivity index is 2.96. The Morgan fingerprint density at radius 1 is 1.53 bits per heavy atom. The van der Waals surface area contributed by atoms with Crippen LogP contribution in [0.3, 0.4) is 0 Å². The Kier molecular flexibility index (Phi) is 4.19. The molecule has 0 aliphatic heterocycles. The van der Waals surface area contributed by atoms with Gasteiger partial charge >= 0.3 is 0 Å². The van der Waals surface area contributed by atoms with Gasteiger partial charge in [-0.05, 0) is 47.7 Å². The van der Waals surface area contributed by atoms with Gasteiger partial charge in [0, 0.05) is 10.1 Å². The van der Waals surface area contributed by atoms with Crippen molar-refractivity contribution >= 4 is 39.9 Å². The molecule has 0 fully saturated rings. The molecule has 0 heterocycles. The van der Waals surface area contributed by atoms with Gasteiger partial charge in [-0.25, -0.2) is 0 Å². The summed E-state index contributed by atoms with van der Waals surface area (Å²) in [6.45, 7) is 2.86. The highest BCUT2D eigenvalue weighted by atomic mass is 127. The molecule has 0 atom stereocenters. The number of nitrogen functional groups attached to an aromatic ring is 1. The van der Waals surface area contributed by atoms with Crippen LogP contribution < -0.4 is 16.4 Å². The minimum Gasteiger partial charge on any atom is -0.397 e. The van der Waals surface area contributed by atoms with Gasteiger partial charge in [-0.3, -0.25) is 4.79 Å². The van der Waals surface area contributed by atoms with Gasteiger partial charge in [-0.15, -0.1) is 0 Å². The van der Waals surface area contributed by atoms with E-state index in [9.17, 15) is 4.79 Å². The second kappa shape index (κ2) is 5.20. The molecule has 0 saturated heterocycles. The highest BCUT2D eigenvalue weighted by molar-refractivity contribution is 14.1. The van der Waals surface area contributed by atoms with Crippen LogP contribution in [0.2, 0.25) is 0 Å². The number of hydrogen-bond acceptors (Lipinski definition) is 3. The third-order valence-electron chi connectivity index (χ3n) is 2.06. The summed E-state index contributed by atoms with van der Waals surface area (Å²) in [5.41, 5.74) is 12.6. The smallest absolute Gasteiger partial charge is 0.236 e. The van der Waals surface area contributed by atoms with Crippen molar-refractivity contribution in [3.63, 3.8) is 0 Å². The third kappa shape index (κ3) is 3.26. The van der Waals surface area contributed by atoms with E-state index in [0.717, 1.165) is 9.26 Å². The summed E-state index contributed by atoms with van der Waals surface area (Å²) < 4.78 is 1.07. The fourth-order valence-electron chi connectivity index (χ4n) is 1.37. The predicted octanol–water partition coefficient (Wildman–Crippen LogP) is 1.19. The van der Waals surface area contributed by atoms with Crippen molar-refractivity contribution in [2.24, 2.45) is 5.73 Å². The quantitative estimate of drug-likeness (QED) is 0.647. The monoisotopic (exact) mass is 319 g/mol. The highest BCUT2D eigenvalue weighted by Crippen LogP contribution is 2.24. The van der Waals surface area contributed by atoms with Crippen molar-refractivity contribution in [2.45, 2.75) is 6.92 Å². The first-order chi connectivity index (χ1) is 7.04. The van der Waals surface area contributed by atoms with Gasteiger partial charge < -0.3 is 16.4 Å². The molecule has 4 nitrogen and oxygen atoms in total. The zero-order valence-electron chi connectivity index (χ0n) is 8.53. The Morgan fingerprint density at radius 2 is 2.20 bits per heavy atom. The average Bonchev–Trinajstić information content (AvgIpc) is 2.14. The normalized spacial score (nSPS) is 10.0. The summed E-state index contributed by atoms with van der Waals surface area (Å²) in [4.78, 5) is 12.7. The van der Waals surface area contributed by atoms with Crippen molar-refractivity contribution in [1.82, 2.24) is 0 Å². The molecular weight excluding hydrogens is 305 g/mol. The number of carbonyl (C=O) groups excluding carboxylic acids is 1. The Morgan fingerprint density at radius 3 is 2.67 bits per heavy atom. The zero-order chi connectivity index (χ0) is 11.4. The molecule has 5 heteroatoms. The summed E-state index contributed by atoms with van der Waals surface area (Å²) in [7, 11) is 0. The highest BCUT2D eigenvalue weighted by Gasteiger charge is 2.10. The van der Waals surface area contributed by atoms with E-state index < -0.39 is 0 Å². The minimum atomic E-state index is -0.352. The second-order valence-corrected chi connectivity index (χ2v) is 4.43. The van der Waals surface area contributed by atoms with E-state index in [4.69, 9.17) is 11.5 Å². The van der Waals surface area contributed by atoms with Crippen LogP contribution in [-0.4, -0.2) is 19.0 Å². The molecule has 0 aliphatic rings. The number of rotatable bonds is 4. The summed E-state index contributed by atoms with van der Waals surface area (Å²) in [5, 5.41) is 0. The fourth-order valence-corrected chi connectivity index (χ4v) is 1.88. The van der Waals surface area contributed by atoms with Crippen LogP contribution >= 0.6 is 22.6 Å². The van der Waals surface area contributed by atoms with Crippen LogP contribution in [0.4, 0.5) is 11.4 Å². The zero-order valence-corrected chi connectivity index (χ0v) is 10.7. The molecule has 0 aliphatic carbocycles. The van der Waals surface area contributed by atoms with Crippen molar-refractivity contribution in [3.05, 3.63) is 21.8 Å². The van der Waals surface area contributed by atoms with Crippen LogP contribution in [0, 0.1) is 3.57 Å². The predicted molar refractivity (Wildman–Crippen MR) is 70.7 cm³/mol. The maximum atomic E-state index is 10.9. The van der Waals surface area contributed by atoms with Gasteiger partial charge in [0.25, 0.3) is 0 Å². The van der Waals surface area contributed by atoms with E-state index in [1.54, 1.807) is 0 Å². The van der Waals surface area contributed by atoms with Gasteiger partial charge in [-0.1, -0.05) is 0 Å². The Bertz CT molecular complexity index is 368. The number of benzene rings is 1. The first kappa shape index (κ1) is 12.1. The van der Waals surface area contributed by atoms with Gasteiger partial charge in [0.05, 0.1) is 17.9 Å². The van der Waals surface area contributed by atoms with Crippen molar-refractivity contribution in [3.8, 4) is 0 Å². The number of nitrogens with two attached hydrogens (primary N) is 2. The molecular formula is C10H14IN3O. The molecule has 1 rings (SSSR count). The topological polar surface area (TPSA) is 72.3 Å². The summed E-state index contributed by atoms with van der Waals surface area (Å²) >= 11 is 2.19. The van der Waals surface area contributed by atoms with E-state index >= 15 is 0 Å². The summed E-state index contributed by atoms with van der Waals surface area (Å²) in [6, 6.07) is 5.74. The van der Waals surface area contributed by atoms with E-state index in [1.165, 1.54) is 0 Å². The average molecular weight is 319 g/mol. The summed E-state index contributed by atoms with van der Waals surface area (Å²) in [5.74, 6) is -0.352. The maximum absolute atomic E-state index is 10.9. The Labute approximate surface area is 103 Å². The molecule has 82 valence electrons. The molecule has 0 unspecified atom stereocenters. The van der Waals surface area contributed by atoms with Gasteiger partial charge in [0.2, 0.25) is 5.91 Å². The van der Waals surface area contributed by atoms with E-state index in [0.29, 0.717) is 12.2 Å². The minimum absolute atomic E-state index is 0.196. The molecule has 1 aromatic carbocycles. The number of hydrogen-bond donors (Lipinski definition) is 2. The SMILES string of the molecule is CCN(CC(N)=O)c1ccc(I)cc1N. The largest absolute Gasteiger partial charge is 0.397 e. The number of anilines is 2. The Hall–Kier alpha value is -0.980. The van der Waals surface area contributed by atoms with Crippen LogP contribution in [0.15, 0.2) is 18.2 Å². The lowest BCUT2D eigenvalue weighted by molar-refractivity contribution is -0.116. The van der Waals surface area contributed by atoms with Crippen LogP contribution in [-0.2, 0) is 4.79 Å². The number of amides is 1. The molecule has 1 aromatic rings. The lowest BCUT2D eigenvalue weighted by Gasteiger charge is -2.23. The number of nitrogens with zero attached hydrogens (tertiary/aromatic N) is 1. The number of halogens is 1. The van der Waals surface area contributed by atoms with Crippen molar-refractivity contribution in [2.75, 3.05) is 23.7 Å². The van der Waals surface area contributed by atoms with Gasteiger partial charge in [0.1, 0.15) is 0 Å². The van der Waals surface area contributed by atoms with Crippen LogP contribution in [0.25, 0.3) is 0 Å². The van der Waals surface area contributed by atoms with Crippen molar-refractivity contribution < 1.29 is 4.79 Å². The number of carbonyl (C=O) groups is 1. The van der Waals surface area contributed by atoms with Crippen molar-refractivity contribution in [1.29, 1.82) is 0 Å². The van der Waals surface area contributed by atoms with Gasteiger partial charge in [0.15, 0.2) is 0 Å². The van der Waals surface area contributed by atoms with E-state index in [-0.39, 0.29) is 12.5 Å².